The van der Waals surface area contributed by atoms with Crippen molar-refractivity contribution in [1.82, 2.24) is 9.55 Å². The van der Waals surface area contributed by atoms with E-state index in [2.05, 4.69) is 4.98 Å². The first-order valence-electron chi connectivity index (χ1n) is 12.4. The largest absolute Gasteiger partial charge is 0.530 e. The number of nitrogens with zero attached hydrogens (tertiary/aromatic N) is 1. The first-order chi connectivity index (χ1) is 18.6. The highest BCUT2D eigenvalue weighted by atomic mass is 31.2. The van der Waals surface area contributed by atoms with Crippen molar-refractivity contribution in [2.75, 3.05) is 6.61 Å². The Kier molecular flexibility index (Phi) is 6.36. The molecule has 0 bridgehead atoms. The van der Waals surface area contributed by atoms with E-state index in [-0.39, 0.29) is 13.2 Å². The van der Waals surface area contributed by atoms with Crippen LogP contribution in [0.4, 0.5) is 0 Å². The van der Waals surface area contributed by atoms with Crippen LogP contribution in [-0.2, 0) is 36.3 Å². The van der Waals surface area contributed by atoms with Crippen molar-refractivity contribution in [2.45, 2.75) is 52.1 Å². The van der Waals surface area contributed by atoms with Crippen LogP contribution in [-0.4, -0.2) is 28.0 Å². The molecule has 3 aliphatic rings. The summed E-state index contributed by atoms with van der Waals surface area (Å²) in [4.78, 5) is 26.1. The Balaban J connectivity index is 1.20. The van der Waals surface area contributed by atoms with Crippen molar-refractivity contribution in [3.63, 3.8) is 0 Å². The normalized spacial score (nSPS) is 24.9. The summed E-state index contributed by atoms with van der Waals surface area (Å²) in [7, 11) is -4.01. The molecule has 3 aromatic rings. The lowest BCUT2D eigenvalue weighted by molar-refractivity contribution is -0.179. The molecule has 1 N–H and O–H groups in total. The summed E-state index contributed by atoms with van der Waals surface area (Å²) in [5.74, 6) is 0.270. The smallest absolute Gasteiger partial charge is 0.462 e. The Labute approximate surface area is 223 Å². The Morgan fingerprint density at radius 2 is 1.77 bits per heavy atom. The molecular weight excluding hydrogens is 527 g/mol. The molecule has 0 saturated heterocycles. The van der Waals surface area contributed by atoms with Gasteiger partial charge >= 0.3 is 13.5 Å². The average molecular weight is 554 g/mol. The molecule has 0 amide bonds. The zero-order chi connectivity index (χ0) is 27.4. The van der Waals surface area contributed by atoms with Gasteiger partial charge in [0.25, 0.3) is 5.56 Å². The highest BCUT2D eigenvalue weighted by Gasteiger charge is 2.38. The monoisotopic (exact) mass is 554 g/mol. The molecule has 4 heterocycles. The van der Waals surface area contributed by atoms with Gasteiger partial charge in [-0.3, -0.25) is 23.4 Å². The third-order valence-corrected chi connectivity index (χ3v) is 7.93. The number of phosphoric acid groups is 1. The van der Waals surface area contributed by atoms with Gasteiger partial charge in [0.1, 0.15) is 17.6 Å². The van der Waals surface area contributed by atoms with Gasteiger partial charge in [-0.1, -0.05) is 42.5 Å². The standard InChI is InChI=1S/C27H27N2O9P/c1-16-12-29(26(31)28-25(16)30)22-11-10-19(36-22)15-35-39(32)34-14-18-7-5-9-21(24(18)38-39)20-8-4-6-17-13-33-27(2,3)37-23(17)20/h4-12,19,22H,13-15H2,1-3H3,(H,28,30,31). The Hall–Kier alpha value is -3.47. The van der Waals surface area contributed by atoms with Crippen molar-refractivity contribution >= 4 is 7.82 Å². The summed E-state index contributed by atoms with van der Waals surface area (Å²) < 4.78 is 49.7. The molecule has 12 heteroatoms. The molecule has 0 spiro atoms. The number of aromatic amines is 1. The molecule has 0 fully saturated rings. The quantitative estimate of drug-likeness (QED) is 0.362. The maximum Gasteiger partial charge on any atom is 0.530 e. The Morgan fingerprint density at radius 1 is 1.05 bits per heavy atom. The van der Waals surface area contributed by atoms with E-state index in [9.17, 15) is 14.2 Å². The lowest BCUT2D eigenvalue weighted by atomic mass is 9.98. The minimum Gasteiger partial charge on any atom is -0.462 e. The molecule has 3 atom stereocenters. The highest BCUT2D eigenvalue weighted by molar-refractivity contribution is 7.49. The molecule has 11 nitrogen and oxygen atoms in total. The molecule has 0 radical (unpaired) electrons. The number of hydrogen-bond donors (Lipinski definition) is 1. The van der Waals surface area contributed by atoms with Crippen LogP contribution in [0.15, 0.2) is 64.3 Å². The Morgan fingerprint density at radius 3 is 2.54 bits per heavy atom. The van der Waals surface area contributed by atoms with Crippen molar-refractivity contribution in [2.24, 2.45) is 0 Å². The van der Waals surface area contributed by atoms with Gasteiger partial charge in [-0.2, -0.15) is 0 Å². The van der Waals surface area contributed by atoms with Crippen molar-refractivity contribution < 1.29 is 32.3 Å². The number of nitrogens with one attached hydrogen (secondary N) is 1. The van der Waals surface area contributed by atoms with Gasteiger partial charge in [0.05, 0.1) is 19.8 Å². The maximum absolute atomic E-state index is 13.5. The maximum atomic E-state index is 13.5. The fraction of sp³-hybridized carbons (Fsp3) is 0.333. The SMILES string of the molecule is Cc1cn(C2C=CC(COP3(=O)OCc4cccc(-c5cccc6c5OC(C)(C)OC6)c4O3)O2)c(=O)[nH]c1=O. The first-order valence-corrected chi connectivity index (χ1v) is 13.9. The molecule has 204 valence electrons. The third kappa shape index (κ3) is 4.99. The highest BCUT2D eigenvalue weighted by Crippen LogP contribution is 2.57. The number of ether oxygens (including phenoxy) is 3. The summed E-state index contributed by atoms with van der Waals surface area (Å²) in [6, 6.07) is 11.3. The number of benzene rings is 2. The lowest BCUT2D eigenvalue weighted by Crippen LogP contribution is -2.35. The zero-order valence-electron chi connectivity index (χ0n) is 21.5. The number of rotatable bonds is 5. The second-order valence-corrected chi connectivity index (χ2v) is 11.5. The van der Waals surface area contributed by atoms with E-state index in [4.69, 9.17) is 27.8 Å². The lowest BCUT2D eigenvalue weighted by Gasteiger charge is -2.34. The molecular formula is C27H27N2O9P. The first kappa shape index (κ1) is 25.8. The fourth-order valence-electron chi connectivity index (χ4n) is 4.61. The van der Waals surface area contributed by atoms with Crippen molar-refractivity contribution in [3.05, 3.63) is 92.3 Å². The predicted molar refractivity (Wildman–Crippen MR) is 139 cm³/mol. The van der Waals surface area contributed by atoms with Gasteiger partial charge in [0.15, 0.2) is 6.23 Å². The van der Waals surface area contributed by atoms with Crippen LogP contribution in [0, 0.1) is 6.92 Å². The third-order valence-electron chi connectivity index (χ3n) is 6.61. The molecule has 6 rings (SSSR count). The van der Waals surface area contributed by atoms with E-state index >= 15 is 0 Å². The van der Waals surface area contributed by atoms with Crippen LogP contribution < -0.4 is 20.5 Å². The number of aromatic nitrogens is 2. The Bertz CT molecular complexity index is 1640. The molecule has 1 aromatic heterocycles. The van der Waals surface area contributed by atoms with E-state index in [1.807, 2.05) is 50.2 Å². The van der Waals surface area contributed by atoms with Crippen molar-refractivity contribution in [1.29, 1.82) is 0 Å². The number of para-hydroxylation sites is 2. The molecule has 0 aliphatic carbocycles. The van der Waals surface area contributed by atoms with Crippen LogP contribution in [0.25, 0.3) is 11.1 Å². The van der Waals surface area contributed by atoms with Gasteiger partial charge in [-0.05, 0) is 13.0 Å². The minimum absolute atomic E-state index is 0.0287. The topological polar surface area (TPSA) is 127 Å². The van der Waals surface area contributed by atoms with E-state index in [0.717, 1.165) is 16.7 Å². The van der Waals surface area contributed by atoms with Gasteiger partial charge in [-0.25, -0.2) is 9.36 Å². The van der Waals surface area contributed by atoms with Crippen LogP contribution in [0.1, 0.15) is 36.8 Å². The van der Waals surface area contributed by atoms with E-state index in [1.54, 1.807) is 19.1 Å². The number of aryl methyl sites for hydroxylation is 1. The molecule has 2 aromatic carbocycles. The summed E-state index contributed by atoms with van der Waals surface area (Å²) in [5, 5.41) is 0. The van der Waals surface area contributed by atoms with E-state index in [0.29, 0.717) is 29.2 Å². The van der Waals surface area contributed by atoms with Gasteiger partial charge in [0, 0.05) is 47.9 Å². The van der Waals surface area contributed by atoms with E-state index < -0.39 is 37.2 Å². The van der Waals surface area contributed by atoms with Gasteiger partial charge in [-0.15, -0.1) is 0 Å². The van der Waals surface area contributed by atoms with Gasteiger partial charge in [0.2, 0.25) is 5.79 Å². The molecule has 39 heavy (non-hydrogen) atoms. The summed E-state index contributed by atoms with van der Waals surface area (Å²) in [6.45, 7) is 5.57. The summed E-state index contributed by atoms with van der Waals surface area (Å²) in [6.07, 6.45) is 3.39. The average Bonchev–Trinajstić information content (AvgIpc) is 3.37. The zero-order valence-corrected chi connectivity index (χ0v) is 22.4. The minimum atomic E-state index is -4.01. The summed E-state index contributed by atoms with van der Waals surface area (Å²) in [5.41, 5.74) is 2.40. The predicted octanol–water partition coefficient (Wildman–Crippen LogP) is 4.34. The van der Waals surface area contributed by atoms with Gasteiger partial charge < -0.3 is 18.7 Å². The van der Waals surface area contributed by atoms with Crippen LogP contribution >= 0.6 is 7.82 Å². The van der Waals surface area contributed by atoms with Crippen LogP contribution in [0.3, 0.4) is 0 Å². The molecule has 3 aliphatic heterocycles. The van der Waals surface area contributed by atoms with Crippen LogP contribution in [0.2, 0.25) is 0 Å². The van der Waals surface area contributed by atoms with Crippen LogP contribution in [0.5, 0.6) is 11.5 Å². The molecule has 3 unspecified atom stereocenters. The molecule has 0 saturated carbocycles. The second kappa shape index (κ2) is 9.62. The van der Waals surface area contributed by atoms with Crippen molar-refractivity contribution in [3.8, 4) is 22.6 Å². The number of fused-ring (bicyclic) bond motifs is 2. The number of H-pyrrole nitrogens is 1. The number of hydrogen-bond acceptors (Lipinski definition) is 9. The number of phosphoric ester groups is 1. The second-order valence-electron chi connectivity index (χ2n) is 9.91. The summed E-state index contributed by atoms with van der Waals surface area (Å²) >= 11 is 0. The van der Waals surface area contributed by atoms with E-state index in [1.165, 1.54) is 10.8 Å². The fourth-order valence-corrected chi connectivity index (χ4v) is 5.85.